The number of aromatic nitrogens is 1. The Morgan fingerprint density at radius 3 is 2.67 bits per heavy atom. The number of methoxy groups -OCH3 is 1. The van der Waals surface area contributed by atoms with Gasteiger partial charge in [0.1, 0.15) is 11.5 Å². The number of benzene rings is 3. The number of rotatable bonds is 3. The van der Waals surface area contributed by atoms with Gasteiger partial charge in [0.15, 0.2) is 5.76 Å². The quantitative estimate of drug-likeness (QED) is 0.231. The second-order valence-corrected chi connectivity index (χ2v) is 8.59. The van der Waals surface area contributed by atoms with E-state index in [0.29, 0.717) is 33.8 Å². The van der Waals surface area contributed by atoms with Crippen LogP contribution >= 0.6 is 0 Å². The lowest BCUT2D eigenvalue weighted by Gasteiger charge is -2.26. The van der Waals surface area contributed by atoms with Crippen LogP contribution in [0.25, 0.3) is 17.0 Å². The first-order chi connectivity index (χ1) is 17.5. The van der Waals surface area contributed by atoms with Crippen molar-refractivity contribution < 1.29 is 28.6 Å². The lowest BCUT2D eigenvalue weighted by Crippen LogP contribution is -2.21. The van der Waals surface area contributed by atoms with Gasteiger partial charge in [-0.1, -0.05) is 24.3 Å². The molecule has 0 aliphatic carbocycles. The Morgan fingerprint density at radius 1 is 1.03 bits per heavy atom. The van der Waals surface area contributed by atoms with Crippen LogP contribution in [0.3, 0.4) is 0 Å². The highest BCUT2D eigenvalue weighted by molar-refractivity contribution is 6.15. The van der Waals surface area contributed by atoms with E-state index in [2.05, 4.69) is 4.98 Å². The summed E-state index contributed by atoms with van der Waals surface area (Å²) >= 11 is 0. The standard InChI is InChI=1S/C29H19NO6/c1-34-29(33)17-6-4-16(5-7-17)13-24-27(32)20-9-11-23-26(28(20)36-24)21(15-25(31)35-23)18-8-10-22-19(14-18)3-2-12-30-22/h2-14,21H,15H2,1H3/b24-13-/t21-/m0/s1. The van der Waals surface area contributed by atoms with Crippen molar-refractivity contribution in [2.45, 2.75) is 12.3 Å². The van der Waals surface area contributed by atoms with E-state index in [1.807, 2.05) is 30.3 Å². The van der Waals surface area contributed by atoms with Crippen LogP contribution in [0, 0.1) is 0 Å². The molecule has 0 amide bonds. The minimum atomic E-state index is -0.438. The molecule has 0 saturated carbocycles. The molecular weight excluding hydrogens is 458 g/mol. The van der Waals surface area contributed by atoms with Gasteiger partial charge in [-0.25, -0.2) is 4.79 Å². The number of Topliss-reactive ketones (excluding diaryl/α,β-unsaturated/α-hetero) is 1. The van der Waals surface area contributed by atoms with Crippen molar-refractivity contribution in [3.8, 4) is 11.5 Å². The molecule has 3 aromatic carbocycles. The molecule has 36 heavy (non-hydrogen) atoms. The molecule has 176 valence electrons. The third kappa shape index (κ3) is 3.62. The van der Waals surface area contributed by atoms with Crippen LogP contribution in [0.1, 0.15) is 49.7 Å². The molecule has 2 aliphatic rings. The first kappa shape index (κ1) is 21.7. The lowest BCUT2D eigenvalue weighted by molar-refractivity contribution is -0.135. The van der Waals surface area contributed by atoms with Crippen LogP contribution in [-0.2, 0) is 9.53 Å². The molecule has 1 atom stereocenters. The zero-order chi connectivity index (χ0) is 24.8. The molecule has 0 bridgehead atoms. The number of esters is 2. The highest BCUT2D eigenvalue weighted by Crippen LogP contribution is 2.49. The Balaban J connectivity index is 1.40. The van der Waals surface area contributed by atoms with Crippen molar-refractivity contribution in [1.82, 2.24) is 4.98 Å². The van der Waals surface area contributed by atoms with Gasteiger partial charge in [-0.15, -0.1) is 0 Å². The fourth-order valence-corrected chi connectivity index (χ4v) is 4.69. The van der Waals surface area contributed by atoms with E-state index in [9.17, 15) is 14.4 Å². The summed E-state index contributed by atoms with van der Waals surface area (Å²) in [5.74, 6) is -0.439. The summed E-state index contributed by atoms with van der Waals surface area (Å²) in [4.78, 5) is 41.7. The largest absolute Gasteiger partial charge is 0.465 e. The number of ketones is 1. The molecule has 1 aromatic heterocycles. The Kier molecular flexibility index (Phi) is 5.11. The number of nitrogens with zero attached hydrogens (tertiary/aromatic N) is 1. The fraction of sp³-hybridized carbons (Fsp3) is 0.103. The number of hydrogen-bond donors (Lipinski definition) is 0. The summed E-state index contributed by atoms with van der Waals surface area (Å²) in [7, 11) is 1.32. The van der Waals surface area contributed by atoms with Gasteiger partial charge in [0.05, 0.1) is 30.2 Å². The van der Waals surface area contributed by atoms with E-state index < -0.39 is 5.97 Å². The number of carbonyl (C=O) groups excluding carboxylic acids is 3. The van der Waals surface area contributed by atoms with Crippen molar-refractivity contribution in [2.24, 2.45) is 0 Å². The van der Waals surface area contributed by atoms with E-state index in [1.165, 1.54) is 7.11 Å². The van der Waals surface area contributed by atoms with E-state index in [4.69, 9.17) is 14.2 Å². The number of pyridine rings is 1. The van der Waals surface area contributed by atoms with Gasteiger partial charge in [0, 0.05) is 23.1 Å². The SMILES string of the molecule is COC(=O)c1ccc(/C=C2\Oc3c(ccc4c3[C@H](c3ccc5ncccc5c3)CC(=O)O4)C2=O)cc1. The molecule has 7 nitrogen and oxygen atoms in total. The second kappa shape index (κ2) is 8.46. The van der Waals surface area contributed by atoms with Crippen molar-refractivity contribution in [3.05, 3.63) is 107 Å². The van der Waals surface area contributed by atoms with Crippen molar-refractivity contribution >= 4 is 34.7 Å². The normalized spacial score (nSPS) is 17.4. The lowest BCUT2D eigenvalue weighted by atomic mass is 9.84. The Hall–Kier alpha value is -4.78. The molecule has 0 unspecified atom stereocenters. The van der Waals surface area contributed by atoms with Gasteiger partial charge in [-0.2, -0.15) is 0 Å². The zero-order valence-corrected chi connectivity index (χ0v) is 19.2. The predicted molar refractivity (Wildman–Crippen MR) is 131 cm³/mol. The zero-order valence-electron chi connectivity index (χ0n) is 19.2. The molecule has 3 heterocycles. The van der Waals surface area contributed by atoms with Gasteiger partial charge in [0.2, 0.25) is 5.78 Å². The van der Waals surface area contributed by atoms with Gasteiger partial charge in [-0.3, -0.25) is 14.6 Å². The molecule has 4 aromatic rings. The average molecular weight is 477 g/mol. The maximum Gasteiger partial charge on any atom is 0.337 e. The molecule has 2 aliphatic heterocycles. The number of fused-ring (bicyclic) bond motifs is 4. The monoisotopic (exact) mass is 477 g/mol. The molecule has 0 spiro atoms. The summed E-state index contributed by atoms with van der Waals surface area (Å²) in [5.41, 5.74) is 3.95. The van der Waals surface area contributed by atoms with E-state index in [0.717, 1.165) is 16.5 Å². The Labute approximate surface area is 205 Å². The van der Waals surface area contributed by atoms with Crippen LogP contribution in [0.4, 0.5) is 0 Å². The second-order valence-electron chi connectivity index (χ2n) is 8.59. The van der Waals surface area contributed by atoms with Crippen LogP contribution in [-0.4, -0.2) is 29.8 Å². The van der Waals surface area contributed by atoms with Crippen molar-refractivity contribution in [2.75, 3.05) is 7.11 Å². The number of hydrogen-bond acceptors (Lipinski definition) is 7. The highest BCUT2D eigenvalue weighted by atomic mass is 16.5. The molecular formula is C29H19NO6. The highest BCUT2D eigenvalue weighted by Gasteiger charge is 2.38. The molecule has 7 heteroatoms. The summed E-state index contributed by atoms with van der Waals surface area (Å²) in [6, 6.07) is 19.6. The van der Waals surface area contributed by atoms with E-state index in [1.54, 1.807) is 48.7 Å². The number of ether oxygens (including phenoxy) is 3. The smallest absolute Gasteiger partial charge is 0.337 e. The molecule has 6 rings (SSSR count). The minimum absolute atomic E-state index is 0.126. The molecule has 0 radical (unpaired) electrons. The maximum atomic E-state index is 13.2. The van der Waals surface area contributed by atoms with Gasteiger partial charge >= 0.3 is 11.9 Å². The molecule has 0 fully saturated rings. The summed E-state index contributed by atoms with van der Waals surface area (Å²) in [5, 5.41) is 0.955. The first-order valence-electron chi connectivity index (χ1n) is 11.4. The fourth-order valence-electron chi connectivity index (χ4n) is 4.69. The average Bonchev–Trinajstić information content (AvgIpc) is 3.22. The van der Waals surface area contributed by atoms with Crippen molar-refractivity contribution in [1.29, 1.82) is 0 Å². The van der Waals surface area contributed by atoms with Gasteiger partial charge < -0.3 is 14.2 Å². The van der Waals surface area contributed by atoms with Crippen LogP contribution in [0.15, 0.2) is 78.7 Å². The van der Waals surface area contributed by atoms with Crippen molar-refractivity contribution in [3.63, 3.8) is 0 Å². The summed E-state index contributed by atoms with van der Waals surface area (Å²) in [6.45, 7) is 0. The summed E-state index contributed by atoms with van der Waals surface area (Å²) < 4.78 is 16.4. The third-order valence-electron chi connectivity index (χ3n) is 6.44. The predicted octanol–water partition coefficient (Wildman–Crippen LogP) is 5.08. The topological polar surface area (TPSA) is 91.8 Å². The van der Waals surface area contributed by atoms with Crippen LogP contribution in [0.5, 0.6) is 11.5 Å². The summed E-state index contributed by atoms with van der Waals surface area (Å²) in [6.07, 6.45) is 3.49. The van der Waals surface area contributed by atoms with Gasteiger partial charge in [-0.05, 0) is 59.7 Å². The molecule has 0 saturated heterocycles. The minimum Gasteiger partial charge on any atom is -0.465 e. The first-order valence-corrected chi connectivity index (χ1v) is 11.4. The van der Waals surface area contributed by atoms with E-state index >= 15 is 0 Å². The maximum absolute atomic E-state index is 13.2. The van der Waals surface area contributed by atoms with E-state index in [-0.39, 0.29) is 29.9 Å². The third-order valence-corrected chi connectivity index (χ3v) is 6.44. The Bertz CT molecular complexity index is 1600. The van der Waals surface area contributed by atoms with Crippen LogP contribution < -0.4 is 9.47 Å². The van der Waals surface area contributed by atoms with Gasteiger partial charge in [0.25, 0.3) is 0 Å². The molecule has 0 N–H and O–H groups in total. The Morgan fingerprint density at radius 2 is 1.86 bits per heavy atom. The number of allylic oxidation sites excluding steroid dienone is 1. The number of carbonyl (C=O) groups is 3. The van der Waals surface area contributed by atoms with Crippen LogP contribution in [0.2, 0.25) is 0 Å².